The number of benzene rings is 1. The van der Waals surface area contributed by atoms with Gasteiger partial charge >= 0.3 is 0 Å². The Labute approximate surface area is 121 Å². The predicted molar refractivity (Wildman–Crippen MR) is 80.5 cm³/mol. The SMILES string of the molecule is CC(=O)c1ccc(C(=O)Nc2cccc3cccnc23)[nH]1. The van der Waals surface area contributed by atoms with Crippen LogP contribution in [-0.2, 0) is 0 Å². The summed E-state index contributed by atoms with van der Waals surface area (Å²) in [6, 6.07) is 12.5. The van der Waals surface area contributed by atoms with Crippen LogP contribution in [0.5, 0.6) is 0 Å². The van der Waals surface area contributed by atoms with Crippen LogP contribution >= 0.6 is 0 Å². The van der Waals surface area contributed by atoms with Crippen molar-refractivity contribution in [3.8, 4) is 0 Å². The van der Waals surface area contributed by atoms with Gasteiger partial charge in [-0.3, -0.25) is 14.6 Å². The molecule has 21 heavy (non-hydrogen) atoms. The minimum atomic E-state index is -0.305. The van der Waals surface area contributed by atoms with Crippen LogP contribution in [0.3, 0.4) is 0 Å². The van der Waals surface area contributed by atoms with Gasteiger partial charge in [-0.15, -0.1) is 0 Å². The van der Waals surface area contributed by atoms with Crippen LogP contribution in [0.4, 0.5) is 5.69 Å². The number of hydrogen-bond acceptors (Lipinski definition) is 3. The number of hydrogen-bond donors (Lipinski definition) is 2. The second-order valence-corrected chi connectivity index (χ2v) is 4.68. The van der Waals surface area contributed by atoms with Gasteiger partial charge in [-0.2, -0.15) is 0 Å². The fourth-order valence-electron chi connectivity index (χ4n) is 2.13. The lowest BCUT2D eigenvalue weighted by molar-refractivity contribution is 0.101. The summed E-state index contributed by atoms with van der Waals surface area (Å²) in [7, 11) is 0. The van der Waals surface area contributed by atoms with Crippen LogP contribution in [0, 0.1) is 0 Å². The molecule has 2 N–H and O–H groups in total. The smallest absolute Gasteiger partial charge is 0.272 e. The summed E-state index contributed by atoms with van der Waals surface area (Å²) in [6.07, 6.45) is 1.68. The molecule has 0 unspecified atom stereocenters. The van der Waals surface area contributed by atoms with Crippen molar-refractivity contribution in [2.24, 2.45) is 0 Å². The van der Waals surface area contributed by atoms with Gasteiger partial charge in [0.05, 0.1) is 16.9 Å². The molecule has 1 amide bonds. The van der Waals surface area contributed by atoms with Gasteiger partial charge in [0.25, 0.3) is 5.91 Å². The normalized spacial score (nSPS) is 10.5. The zero-order valence-electron chi connectivity index (χ0n) is 11.4. The molecule has 5 nitrogen and oxygen atoms in total. The third-order valence-electron chi connectivity index (χ3n) is 3.19. The molecular formula is C16H13N3O2. The highest BCUT2D eigenvalue weighted by Gasteiger charge is 2.12. The number of para-hydroxylation sites is 1. The fourth-order valence-corrected chi connectivity index (χ4v) is 2.13. The average Bonchev–Trinajstić information content (AvgIpc) is 2.98. The number of aromatic nitrogens is 2. The van der Waals surface area contributed by atoms with E-state index in [1.165, 1.54) is 6.92 Å². The Morgan fingerprint density at radius 1 is 1.05 bits per heavy atom. The number of rotatable bonds is 3. The molecule has 1 aromatic carbocycles. The maximum absolute atomic E-state index is 12.2. The number of nitrogens with zero attached hydrogens (tertiary/aromatic N) is 1. The first-order valence-corrected chi connectivity index (χ1v) is 6.50. The van der Waals surface area contributed by atoms with Gasteiger partial charge in [-0.1, -0.05) is 18.2 Å². The summed E-state index contributed by atoms with van der Waals surface area (Å²) in [5.74, 6) is -0.415. The van der Waals surface area contributed by atoms with Crippen molar-refractivity contribution in [1.82, 2.24) is 9.97 Å². The Morgan fingerprint density at radius 3 is 2.57 bits per heavy atom. The topological polar surface area (TPSA) is 74.8 Å². The first-order valence-electron chi connectivity index (χ1n) is 6.50. The second-order valence-electron chi connectivity index (χ2n) is 4.68. The molecule has 0 spiro atoms. The van der Waals surface area contributed by atoms with Gasteiger partial charge < -0.3 is 10.3 Å². The van der Waals surface area contributed by atoms with Gasteiger partial charge in [0.1, 0.15) is 5.69 Å². The van der Waals surface area contributed by atoms with Crippen LogP contribution in [0.2, 0.25) is 0 Å². The van der Waals surface area contributed by atoms with E-state index < -0.39 is 0 Å². The van der Waals surface area contributed by atoms with Crippen molar-refractivity contribution in [3.63, 3.8) is 0 Å². The Hall–Kier alpha value is -2.95. The molecule has 104 valence electrons. The van der Waals surface area contributed by atoms with Crippen LogP contribution in [0.1, 0.15) is 27.9 Å². The summed E-state index contributed by atoms with van der Waals surface area (Å²) in [5, 5.41) is 3.76. The van der Waals surface area contributed by atoms with Gasteiger partial charge in [0.2, 0.25) is 0 Å². The molecule has 5 heteroatoms. The van der Waals surface area contributed by atoms with E-state index in [9.17, 15) is 9.59 Å². The molecule has 0 bridgehead atoms. The maximum atomic E-state index is 12.2. The van der Waals surface area contributed by atoms with Crippen molar-refractivity contribution in [2.45, 2.75) is 6.92 Å². The number of H-pyrrole nitrogens is 1. The molecule has 0 aliphatic rings. The molecule has 3 aromatic rings. The summed E-state index contributed by atoms with van der Waals surface area (Å²) in [4.78, 5) is 30.5. The Morgan fingerprint density at radius 2 is 1.81 bits per heavy atom. The van der Waals surface area contributed by atoms with E-state index in [0.717, 1.165) is 10.9 Å². The van der Waals surface area contributed by atoms with Crippen molar-refractivity contribution >= 4 is 28.3 Å². The third-order valence-corrected chi connectivity index (χ3v) is 3.19. The van der Waals surface area contributed by atoms with Crippen molar-refractivity contribution in [1.29, 1.82) is 0 Å². The number of fused-ring (bicyclic) bond motifs is 1. The summed E-state index contributed by atoms with van der Waals surface area (Å²) >= 11 is 0. The van der Waals surface area contributed by atoms with E-state index in [1.54, 1.807) is 24.4 Å². The lowest BCUT2D eigenvalue weighted by Crippen LogP contribution is -2.13. The summed E-state index contributed by atoms with van der Waals surface area (Å²) < 4.78 is 0. The molecule has 0 saturated heterocycles. The number of pyridine rings is 1. The molecule has 3 rings (SSSR count). The molecule has 2 heterocycles. The van der Waals surface area contributed by atoms with E-state index in [1.807, 2.05) is 24.3 Å². The summed E-state index contributed by atoms with van der Waals surface area (Å²) in [5.41, 5.74) is 2.12. The largest absolute Gasteiger partial charge is 0.348 e. The number of Topliss-reactive ketones (excluding diaryl/α,β-unsaturated/α-hetero) is 1. The molecule has 2 aromatic heterocycles. The quantitative estimate of drug-likeness (QED) is 0.724. The number of carbonyl (C=O) groups is 2. The van der Waals surface area contributed by atoms with E-state index >= 15 is 0 Å². The van der Waals surface area contributed by atoms with Gasteiger partial charge in [-0.05, 0) is 24.3 Å². The van der Waals surface area contributed by atoms with Crippen LogP contribution in [0.25, 0.3) is 10.9 Å². The number of ketones is 1. The van der Waals surface area contributed by atoms with Crippen LogP contribution in [-0.4, -0.2) is 21.7 Å². The van der Waals surface area contributed by atoms with Crippen LogP contribution < -0.4 is 5.32 Å². The van der Waals surface area contributed by atoms with Crippen molar-refractivity contribution in [2.75, 3.05) is 5.32 Å². The van der Waals surface area contributed by atoms with E-state index in [2.05, 4.69) is 15.3 Å². The number of carbonyl (C=O) groups excluding carboxylic acids is 2. The highest BCUT2D eigenvalue weighted by molar-refractivity contribution is 6.08. The predicted octanol–water partition coefficient (Wildman–Crippen LogP) is 3.02. The second kappa shape index (κ2) is 5.20. The molecule has 0 saturated carbocycles. The lowest BCUT2D eigenvalue weighted by atomic mass is 10.2. The maximum Gasteiger partial charge on any atom is 0.272 e. The number of aromatic amines is 1. The minimum absolute atomic E-state index is 0.110. The third kappa shape index (κ3) is 2.53. The monoisotopic (exact) mass is 279 g/mol. The number of amides is 1. The van der Waals surface area contributed by atoms with E-state index in [4.69, 9.17) is 0 Å². The van der Waals surface area contributed by atoms with Crippen LogP contribution in [0.15, 0.2) is 48.7 Å². The first kappa shape index (κ1) is 13.1. The Bertz CT molecular complexity index is 831. The zero-order chi connectivity index (χ0) is 14.8. The number of nitrogens with one attached hydrogen (secondary N) is 2. The lowest BCUT2D eigenvalue weighted by Gasteiger charge is -2.06. The van der Waals surface area contributed by atoms with E-state index in [0.29, 0.717) is 17.1 Å². The number of anilines is 1. The summed E-state index contributed by atoms with van der Waals surface area (Å²) in [6.45, 7) is 1.45. The Balaban J connectivity index is 1.91. The minimum Gasteiger partial charge on any atom is -0.348 e. The molecule has 0 fully saturated rings. The average molecular weight is 279 g/mol. The Kier molecular flexibility index (Phi) is 3.23. The van der Waals surface area contributed by atoms with E-state index in [-0.39, 0.29) is 11.7 Å². The molecule has 0 radical (unpaired) electrons. The highest BCUT2D eigenvalue weighted by atomic mass is 16.2. The van der Waals surface area contributed by atoms with Gasteiger partial charge in [0, 0.05) is 18.5 Å². The van der Waals surface area contributed by atoms with Crippen molar-refractivity contribution < 1.29 is 9.59 Å². The zero-order valence-corrected chi connectivity index (χ0v) is 11.4. The highest BCUT2D eigenvalue weighted by Crippen LogP contribution is 2.21. The van der Waals surface area contributed by atoms with Gasteiger partial charge in [0.15, 0.2) is 5.78 Å². The fraction of sp³-hybridized carbons (Fsp3) is 0.0625. The molecule has 0 atom stereocenters. The first-order chi connectivity index (χ1) is 10.1. The molecule has 0 aliphatic heterocycles. The van der Waals surface area contributed by atoms with Crippen molar-refractivity contribution in [3.05, 3.63) is 60.0 Å². The molecular weight excluding hydrogens is 266 g/mol. The molecule has 0 aliphatic carbocycles. The standard InChI is InChI=1S/C16H13N3O2/c1-10(20)12-7-8-14(18-12)16(21)19-13-6-2-4-11-5-3-9-17-15(11)13/h2-9,18H,1H3,(H,19,21). The van der Waals surface area contributed by atoms with Gasteiger partial charge in [-0.25, -0.2) is 0 Å².